The normalized spacial score (nSPS) is 19.2. The molecule has 1 aromatic carbocycles. The Bertz CT molecular complexity index is 608. The van der Waals surface area contributed by atoms with Gasteiger partial charge in [-0.2, -0.15) is 0 Å². The maximum atomic E-state index is 14.1. The first-order valence-corrected chi connectivity index (χ1v) is 8.19. The molecule has 114 valence electrons. The summed E-state index contributed by atoms with van der Waals surface area (Å²) in [5.41, 5.74) is 6.68. The topological polar surface area (TPSA) is 44.5 Å². The lowest BCUT2D eigenvalue weighted by atomic mass is 10.1. The van der Waals surface area contributed by atoms with Crippen LogP contribution in [0.3, 0.4) is 0 Å². The molecule has 1 aliphatic heterocycles. The summed E-state index contributed by atoms with van der Waals surface area (Å²) in [6.07, 6.45) is 3.55. The first-order valence-electron chi connectivity index (χ1n) is 7.37. The summed E-state index contributed by atoms with van der Waals surface area (Å²) in [4.78, 5) is 1.000. The van der Waals surface area contributed by atoms with Crippen molar-refractivity contribution < 1.29 is 13.9 Å². The third-order valence-electron chi connectivity index (χ3n) is 3.86. The van der Waals surface area contributed by atoms with E-state index in [1.54, 1.807) is 17.4 Å². The van der Waals surface area contributed by atoms with Crippen LogP contribution in [0.5, 0.6) is 0 Å². The van der Waals surface area contributed by atoms with Gasteiger partial charge in [0.1, 0.15) is 5.82 Å². The Morgan fingerprint density at radius 2 is 2.29 bits per heavy atom. The van der Waals surface area contributed by atoms with Gasteiger partial charge in [0.2, 0.25) is 0 Å². The fraction of sp³-hybridized carbons (Fsp3) is 0.500. The highest BCUT2D eigenvalue weighted by atomic mass is 32.1. The van der Waals surface area contributed by atoms with Gasteiger partial charge >= 0.3 is 0 Å². The van der Waals surface area contributed by atoms with Crippen LogP contribution in [0.25, 0.3) is 10.1 Å². The highest BCUT2D eigenvalue weighted by Crippen LogP contribution is 2.33. The van der Waals surface area contributed by atoms with Gasteiger partial charge in [-0.15, -0.1) is 11.3 Å². The summed E-state index contributed by atoms with van der Waals surface area (Å²) in [5.74, 6) is -0.198. The number of fused-ring (bicyclic) bond motifs is 1. The molecule has 21 heavy (non-hydrogen) atoms. The van der Waals surface area contributed by atoms with Crippen molar-refractivity contribution in [3.05, 3.63) is 34.5 Å². The second-order valence-electron chi connectivity index (χ2n) is 5.32. The molecule has 3 rings (SSSR count). The van der Waals surface area contributed by atoms with Crippen LogP contribution >= 0.6 is 11.3 Å². The third kappa shape index (κ3) is 3.26. The fourth-order valence-electron chi connectivity index (χ4n) is 2.76. The van der Waals surface area contributed by atoms with Crippen molar-refractivity contribution in [2.75, 3.05) is 13.2 Å². The van der Waals surface area contributed by atoms with Crippen LogP contribution in [-0.4, -0.2) is 19.3 Å². The van der Waals surface area contributed by atoms with Gasteiger partial charge < -0.3 is 15.2 Å². The lowest BCUT2D eigenvalue weighted by Crippen LogP contribution is -2.24. The van der Waals surface area contributed by atoms with Crippen molar-refractivity contribution >= 4 is 21.4 Å². The van der Waals surface area contributed by atoms with E-state index in [9.17, 15) is 4.39 Å². The summed E-state index contributed by atoms with van der Waals surface area (Å²) >= 11 is 1.55. The molecule has 0 radical (unpaired) electrons. The van der Waals surface area contributed by atoms with E-state index in [0.717, 1.165) is 34.6 Å². The van der Waals surface area contributed by atoms with Crippen LogP contribution in [-0.2, 0) is 22.6 Å². The van der Waals surface area contributed by atoms with E-state index < -0.39 is 0 Å². The number of rotatable bonds is 5. The molecule has 1 unspecified atom stereocenters. The van der Waals surface area contributed by atoms with Crippen molar-refractivity contribution in [2.24, 2.45) is 5.73 Å². The van der Waals surface area contributed by atoms with Crippen LogP contribution in [0, 0.1) is 5.82 Å². The van der Waals surface area contributed by atoms with Crippen molar-refractivity contribution in [3.63, 3.8) is 0 Å². The smallest absolute Gasteiger partial charge is 0.132 e. The van der Waals surface area contributed by atoms with E-state index in [2.05, 4.69) is 0 Å². The molecule has 0 bridgehead atoms. The molecule has 0 saturated carbocycles. The number of nitrogens with two attached hydrogens (primary N) is 1. The summed E-state index contributed by atoms with van der Waals surface area (Å²) in [6, 6.07) is 5.15. The van der Waals surface area contributed by atoms with Gasteiger partial charge in [0.25, 0.3) is 0 Å². The van der Waals surface area contributed by atoms with E-state index in [-0.39, 0.29) is 11.9 Å². The van der Waals surface area contributed by atoms with Gasteiger partial charge in [-0.1, -0.05) is 6.07 Å². The third-order valence-corrected chi connectivity index (χ3v) is 5.08. The number of hydrogen-bond acceptors (Lipinski definition) is 4. The van der Waals surface area contributed by atoms with Crippen LogP contribution < -0.4 is 5.73 Å². The Kier molecular flexibility index (Phi) is 4.85. The molecule has 0 amide bonds. The molecular weight excluding hydrogens is 289 g/mol. The van der Waals surface area contributed by atoms with Gasteiger partial charge in [-0.05, 0) is 31.4 Å². The molecule has 5 heteroatoms. The van der Waals surface area contributed by atoms with E-state index in [4.69, 9.17) is 15.2 Å². The summed E-state index contributed by atoms with van der Waals surface area (Å²) < 4.78 is 26.4. The molecule has 2 aromatic rings. The van der Waals surface area contributed by atoms with Crippen LogP contribution in [0.2, 0.25) is 0 Å². The molecule has 1 saturated heterocycles. The quantitative estimate of drug-likeness (QED) is 0.918. The number of hydrogen-bond donors (Lipinski definition) is 1. The second-order valence-corrected chi connectivity index (χ2v) is 6.46. The Morgan fingerprint density at radius 1 is 1.38 bits per heavy atom. The highest BCUT2D eigenvalue weighted by Gasteiger charge is 2.17. The number of ether oxygens (including phenoxy) is 2. The minimum Gasteiger partial charge on any atom is -0.376 e. The lowest BCUT2D eigenvalue weighted by Gasteiger charge is -2.22. The summed E-state index contributed by atoms with van der Waals surface area (Å²) in [5, 5.41) is 0.660. The highest BCUT2D eigenvalue weighted by molar-refractivity contribution is 7.19. The van der Waals surface area contributed by atoms with Crippen LogP contribution in [0.4, 0.5) is 4.39 Å². The lowest BCUT2D eigenvalue weighted by molar-refractivity contribution is -0.0446. The second kappa shape index (κ2) is 6.83. The zero-order chi connectivity index (χ0) is 14.7. The average molecular weight is 309 g/mol. The van der Waals surface area contributed by atoms with Crippen molar-refractivity contribution in [2.45, 2.75) is 38.5 Å². The predicted molar refractivity (Wildman–Crippen MR) is 82.9 cm³/mol. The Labute approximate surface area is 127 Å². The number of halogens is 1. The van der Waals surface area contributed by atoms with E-state index in [0.29, 0.717) is 25.1 Å². The fourth-order valence-corrected chi connectivity index (χ4v) is 3.87. The van der Waals surface area contributed by atoms with E-state index in [1.807, 2.05) is 6.07 Å². The SMILES string of the molecule is NCc1sc2cccc(F)c2c1COCC1CCCCO1. The molecule has 3 nitrogen and oxygen atoms in total. The van der Waals surface area contributed by atoms with E-state index in [1.165, 1.54) is 12.5 Å². The van der Waals surface area contributed by atoms with Crippen LogP contribution in [0.15, 0.2) is 18.2 Å². The first kappa shape index (κ1) is 14.9. The molecule has 1 aromatic heterocycles. The standard InChI is InChI=1S/C16H20FNO2S/c17-13-5-3-6-14-16(13)12(15(8-18)21-14)10-19-9-11-4-1-2-7-20-11/h3,5-6,11H,1-2,4,7-10,18H2. The summed E-state index contributed by atoms with van der Waals surface area (Å²) in [6.45, 7) is 2.19. The Hall–Kier alpha value is -1.01. The van der Waals surface area contributed by atoms with Crippen molar-refractivity contribution in [1.29, 1.82) is 0 Å². The first-order chi connectivity index (χ1) is 10.3. The van der Waals surface area contributed by atoms with Gasteiger partial charge in [0, 0.05) is 33.7 Å². The zero-order valence-electron chi connectivity index (χ0n) is 11.9. The van der Waals surface area contributed by atoms with E-state index >= 15 is 0 Å². The molecule has 2 N–H and O–H groups in total. The molecule has 1 atom stereocenters. The molecular formula is C16H20FNO2S. The van der Waals surface area contributed by atoms with Gasteiger partial charge in [0.05, 0.1) is 19.3 Å². The molecule has 0 aliphatic carbocycles. The Balaban J connectivity index is 1.73. The number of thiophene rings is 1. The van der Waals surface area contributed by atoms with Gasteiger partial charge in [-0.25, -0.2) is 4.39 Å². The molecule has 1 aliphatic rings. The Morgan fingerprint density at radius 3 is 3.05 bits per heavy atom. The van der Waals surface area contributed by atoms with Gasteiger partial charge in [-0.3, -0.25) is 0 Å². The maximum Gasteiger partial charge on any atom is 0.132 e. The number of benzene rings is 1. The monoisotopic (exact) mass is 309 g/mol. The molecule has 0 spiro atoms. The van der Waals surface area contributed by atoms with Gasteiger partial charge in [0.15, 0.2) is 0 Å². The van der Waals surface area contributed by atoms with Crippen molar-refractivity contribution in [3.8, 4) is 0 Å². The minimum atomic E-state index is -0.198. The average Bonchev–Trinajstić information content (AvgIpc) is 2.88. The summed E-state index contributed by atoms with van der Waals surface area (Å²) in [7, 11) is 0. The largest absolute Gasteiger partial charge is 0.376 e. The maximum absolute atomic E-state index is 14.1. The minimum absolute atomic E-state index is 0.176. The van der Waals surface area contributed by atoms with Crippen molar-refractivity contribution in [1.82, 2.24) is 0 Å². The predicted octanol–water partition coefficient (Wildman–Crippen LogP) is 3.58. The van der Waals surface area contributed by atoms with Crippen LogP contribution in [0.1, 0.15) is 29.7 Å². The zero-order valence-corrected chi connectivity index (χ0v) is 12.8. The molecule has 1 fully saturated rings. The molecule has 2 heterocycles.